The Kier molecular flexibility index (Phi) is 4.21. The predicted octanol–water partition coefficient (Wildman–Crippen LogP) is 4.07. The maximum atomic E-state index is 5.87. The number of thiocarbonyl (C=S) groups is 1. The second kappa shape index (κ2) is 6.45. The molecule has 0 aromatic heterocycles. The number of nitrogens with one attached hydrogen (secondary N) is 1. The summed E-state index contributed by atoms with van der Waals surface area (Å²) >= 11 is 4.81. The number of fused-ring (bicyclic) bond motifs is 1. The molecule has 0 bridgehead atoms. The molecule has 0 aliphatic heterocycles. The number of rotatable bonds is 4. The lowest BCUT2D eigenvalue weighted by atomic mass is 10.1. The second-order valence-electron chi connectivity index (χ2n) is 4.94. The smallest absolute Gasteiger partial charge is 0.168 e. The molecule has 0 saturated carbocycles. The molecule has 3 N–H and O–H groups in total. The first kappa shape index (κ1) is 14.4. The van der Waals surface area contributed by atoms with Crippen molar-refractivity contribution in [2.45, 2.75) is 6.61 Å². The summed E-state index contributed by atoms with van der Waals surface area (Å²) in [7, 11) is 0. The largest absolute Gasteiger partial charge is 0.489 e. The Morgan fingerprint density at radius 3 is 2.45 bits per heavy atom. The molecule has 0 aliphatic carbocycles. The van der Waals surface area contributed by atoms with Crippen LogP contribution < -0.4 is 15.8 Å². The third-order valence-electron chi connectivity index (χ3n) is 3.40. The zero-order valence-electron chi connectivity index (χ0n) is 12.0. The predicted molar refractivity (Wildman–Crippen MR) is 95.1 cm³/mol. The van der Waals surface area contributed by atoms with Gasteiger partial charge in [0.1, 0.15) is 12.4 Å². The van der Waals surface area contributed by atoms with Gasteiger partial charge < -0.3 is 15.8 Å². The number of hydrogen-bond acceptors (Lipinski definition) is 2. The highest BCUT2D eigenvalue weighted by Gasteiger charge is 2.02. The molecule has 0 amide bonds. The third kappa shape index (κ3) is 3.35. The first-order valence-electron chi connectivity index (χ1n) is 6.98. The van der Waals surface area contributed by atoms with Crippen LogP contribution in [0.1, 0.15) is 5.56 Å². The maximum absolute atomic E-state index is 5.87. The molecule has 3 rings (SSSR count). The highest BCUT2D eigenvalue weighted by Crippen LogP contribution is 2.21. The number of anilines is 1. The Morgan fingerprint density at radius 1 is 0.955 bits per heavy atom. The average Bonchev–Trinajstić information content (AvgIpc) is 2.54. The van der Waals surface area contributed by atoms with E-state index in [0.29, 0.717) is 6.61 Å². The van der Waals surface area contributed by atoms with Gasteiger partial charge in [-0.05, 0) is 52.8 Å². The van der Waals surface area contributed by atoms with Crippen molar-refractivity contribution in [3.8, 4) is 5.75 Å². The maximum Gasteiger partial charge on any atom is 0.168 e. The van der Waals surface area contributed by atoms with Gasteiger partial charge in [0.05, 0.1) is 0 Å². The molecule has 0 unspecified atom stereocenters. The van der Waals surface area contributed by atoms with Gasteiger partial charge >= 0.3 is 0 Å². The summed E-state index contributed by atoms with van der Waals surface area (Å²) in [6.07, 6.45) is 0. The zero-order valence-corrected chi connectivity index (χ0v) is 12.8. The molecule has 3 nitrogen and oxygen atoms in total. The summed E-state index contributed by atoms with van der Waals surface area (Å²) in [5.41, 5.74) is 7.46. The molecule has 22 heavy (non-hydrogen) atoms. The fourth-order valence-electron chi connectivity index (χ4n) is 2.36. The van der Waals surface area contributed by atoms with Gasteiger partial charge in [0, 0.05) is 5.69 Å². The summed E-state index contributed by atoms with van der Waals surface area (Å²) in [4.78, 5) is 0. The van der Waals surface area contributed by atoms with Crippen LogP contribution in [0.25, 0.3) is 10.8 Å². The topological polar surface area (TPSA) is 47.3 Å². The Bertz CT molecular complexity index is 794. The van der Waals surface area contributed by atoms with Crippen LogP contribution in [0.2, 0.25) is 0 Å². The van der Waals surface area contributed by atoms with Crippen LogP contribution >= 0.6 is 12.2 Å². The van der Waals surface area contributed by atoms with Gasteiger partial charge in [0.2, 0.25) is 0 Å². The highest BCUT2D eigenvalue weighted by atomic mass is 32.1. The summed E-state index contributed by atoms with van der Waals surface area (Å²) in [5.74, 6) is 0.807. The van der Waals surface area contributed by atoms with E-state index in [4.69, 9.17) is 22.7 Å². The third-order valence-corrected chi connectivity index (χ3v) is 3.50. The van der Waals surface area contributed by atoms with Crippen molar-refractivity contribution in [1.29, 1.82) is 0 Å². The Morgan fingerprint density at radius 2 is 1.68 bits per heavy atom. The van der Waals surface area contributed by atoms with Crippen molar-refractivity contribution >= 4 is 33.8 Å². The summed E-state index contributed by atoms with van der Waals surface area (Å²) in [6, 6.07) is 22.1. The molecule has 0 spiro atoms. The molecule has 0 saturated heterocycles. The first-order chi connectivity index (χ1) is 10.7. The van der Waals surface area contributed by atoms with Crippen molar-refractivity contribution in [1.82, 2.24) is 0 Å². The molecule has 110 valence electrons. The quantitative estimate of drug-likeness (QED) is 0.713. The van der Waals surface area contributed by atoms with E-state index in [1.54, 1.807) is 0 Å². The normalized spacial score (nSPS) is 10.4. The van der Waals surface area contributed by atoms with Gasteiger partial charge in [-0.25, -0.2) is 0 Å². The van der Waals surface area contributed by atoms with Gasteiger partial charge in [-0.3, -0.25) is 0 Å². The second-order valence-corrected chi connectivity index (χ2v) is 5.38. The molecule has 4 heteroatoms. The lowest BCUT2D eigenvalue weighted by molar-refractivity contribution is 0.308. The minimum Gasteiger partial charge on any atom is -0.489 e. The first-order valence-corrected chi connectivity index (χ1v) is 7.39. The van der Waals surface area contributed by atoms with Gasteiger partial charge in [0.25, 0.3) is 0 Å². The monoisotopic (exact) mass is 308 g/mol. The fraction of sp³-hybridized carbons (Fsp3) is 0.0556. The molecule has 0 heterocycles. The Hall–Kier alpha value is -2.59. The van der Waals surface area contributed by atoms with Crippen LogP contribution in [0.15, 0.2) is 66.7 Å². The van der Waals surface area contributed by atoms with E-state index in [9.17, 15) is 0 Å². The van der Waals surface area contributed by atoms with E-state index in [-0.39, 0.29) is 5.11 Å². The SMILES string of the molecule is NC(=S)Nc1ccc(OCc2cccc3ccccc23)cc1. The van der Waals surface area contributed by atoms with Gasteiger partial charge in [0.15, 0.2) is 5.11 Å². The van der Waals surface area contributed by atoms with E-state index in [2.05, 4.69) is 35.6 Å². The van der Waals surface area contributed by atoms with Gasteiger partial charge in [-0.1, -0.05) is 42.5 Å². The van der Waals surface area contributed by atoms with Crippen LogP contribution in [-0.2, 0) is 6.61 Å². The van der Waals surface area contributed by atoms with Crippen LogP contribution in [0.4, 0.5) is 5.69 Å². The highest BCUT2D eigenvalue weighted by molar-refractivity contribution is 7.80. The van der Waals surface area contributed by atoms with Gasteiger partial charge in [-0.2, -0.15) is 0 Å². The molecular weight excluding hydrogens is 292 g/mol. The van der Waals surface area contributed by atoms with E-state index in [0.717, 1.165) is 11.4 Å². The summed E-state index contributed by atoms with van der Waals surface area (Å²) in [5, 5.41) is 5.58. The van der Waals surface area contributed by atoms with Crippen molar-refractivity contribution < 1.29 is 4.74 Å². The van der Waals surface area contributed by atoms with Crippen LogP contribution in [0, 0.1) is 0 Å². The number of hydrogen-bond donors (Lipinski definition) is 2. The minimum atomic E-state index is 0.254. The van der Waals surface area contributed by atoms with Crippen molar-refractivity contribution in [2.75, 3.05) is 5.32 Å². The number of benzene rings is 3. The van der Waals surface area contributed by atoms with Crippen molar-refractivity contribution in [3.63, 3.8) is 0 Å². The fourth-order valence-corrected chi connectivity index (χ4v) is 2.47. The molecule has 0 aliphatic rings. The number of ether oxygens (including phenoxy) is 1. The lowest BCUT2D eigenvalue weighted by Gasteiger charge is -2.10. The summed E-state index contributed by atoms with van der Waals surface area (Å²) < 4.78 is 5.87. The van der Waals surface area contributed by atoms with Crippen molar-refractivity contribution in [2.24, 2.45) is 5.73 Å². The molecule has 3 aromatic rings. The minimum absolute atomic E-state index is 0.254. The zero-order chi connectivity index (χ0) is 15.4. The lowest BCUT2D eigenvalue weighted by Crippen LogP contribution is -2.18. The summed E-state index contributed by atoms with van der Waals surface area (Å²) in [6.45, 7) is 0.531. The standard InChI is InChI=1S/C18H16N2OS/c19-18(22)20-15-8-10-16(11-9-15)21-12-14-6-3-5-13-4-1-2-7-17(13)14/h1-11H,12H2,(H3,19,20,22). The molecule has 0 atom stereocenters. The average molecular weight is 308 g/mol. The van der Waals surface area contributed by atoms with E-state index >= 15 is 0 Å². The van der Waals surface area contributed by atoms with E-state index < -0.39 is 0 Å². The van der Waals surface area contributed by atoms with Crippen LogP contribution in [0.3, 0.4) is 0 Å². The Labute approximate surface area is 134 Å². The van der Waals surface area contributed by atoms with E-state index in [1.165, 1.54) is 16.3 Å². The van der Waals surface area contributed by atoms with Crippen molar-refractivity contribution in [3.05, 3.63) is 72.3 Å². The molecule has 0 fully saturated rings. The molecule has 3 aromatic carbocycles. The van der Waals surface area contributed by atoms with Crippen LogP contribution in [0.5, 0.6) is 5.75 Å². The molecule has 0 radical (unpaired) electrons. The Balaban J connectivity index is 1.72. The van der Waals surface area contributed by atoms with Gasteiger partial charge in [-0.15, -0.1) is 0 Å². The number of nitrogens with two attached hydrogens (primary N) is 1. The van der Waals surface area contributed by atoms with E-state index in [1.807, 2.05) is 36.4 Å². The van der Waals surface area contributed by atoms with Crippen LogP contribution in [-0.4, -0.2) is 5.11 Å². The molecular formula is C18H16N2OS.